The van der Waals surface area contributed by atoms with E-state index in [9.17, 15) is 0 Å². The number of nitrogens with one attached hydrogen (secondary N) is 1. The lowest BCUT2D eigenvalue weighted by atomic mass is 10.1. The number of imidazole rings is 1. The highest BCUT2D eigenvalue weighted by molar-refractivity contribution is 6.28. The van der Waals surface area contributed by atoms with Crippen LogP contribution in [0.5, 0.6) is 0 Å². The average Bonchev–Trinajstić information content (AvgIpc) is 3.11. The Bertz CT molecular complexity index is 555. The number of halogens is 1. The van der Waals surface area contributed by atoms with Gasteiger partial charge in [0.1, 0.15) is 6.33 Å². The van der Waals surface area contributed by atoms with Crippen LogP contribution >= 0.6 is 11.6 Å². The molecule has 106 valence electrons. The minimum absolute atomic E-state index is 0.162. The topological polar surface area (TPSA) is 77.8 Å². The van der Waals surface area contributed by atoms with Crippen LogP contribution in [0.25, 0.3) is 5.95 Å². The van der Waals surface area contributed by atoms with Gasteiger partial charge in [-0.25, -0.2) is 4.98 Å². The summed E-state index contributed by atoms with van der Waals surface area (Å²) in [4.78, 5) is 16.4. The molecule has 3 rings (SSSR count). The van der Waals surface area contributed by atoms with Crippen molar-refractivity contribution in [1.29, 1.82) is 0 Å². The molecule has 20 heavy (non-hydrogen) atoms. The zero-order chi connectivity index (χ0) is 13.8. The maximum absolute atomic E-state index is 5.92. The van der Waals surface area contributed by atoms with Gasteiger partial charge in [0.2, 0.25) is 17.2 Å². The van der Waals surface area contributed by atoms with E-state index in [4.69, 9.17) is 16.3 Å². The van der Waals surface area contributed by atoms with Gasteiger partial charge in [0.15, 0.2) is 0 Å². The van der Waals surface area contributed by atoms with Crippen LogP contribution in [0.3, 0.4) is 0 Å². The fraction of sp³-hybridized carbons (Fsp3) is 0.500. The Balaban J connectivity index is 1.63. The largest absolute Gasteiger partial charge is 0.381 e. The molecule has 7 nitrogen and oxygen atoms in total. The third kappa shape index (κ3) is 3.23. The first kappa shape index (κ1) is 13.3. The van der Waals surface area contributed by atoms with Crippen LogP contribution < -0.4 is 5.32 Å². The predicted octanol–water partition coefficient (Wildman–Crippen LogP) is 1.55. The second-order valence-corrected chi connectivity index (χ2v) is 4.98. The Hall–Kier alpha value is -1.73. The number of nitrogens with zero attached hydrogens (tertiary/aromatic N) is 5. The molecule has 0 aliphatic carbocycles. The van der Waals surface area contributed by atoms with Gasteiger partial charge in [0.25, 0.3) is 0 Å². The normalized spacial score (nSPS) is 18.4. The van der Waals surface area contributed by atoms with E-state index in [0.717, 1.165) is 32.6 Å². The number of ether oxygens (including phenoxy) is 1. The first-order valence-electron chi connectivity index (χ1n) is 6.53. The molecule has 1 saturated heterocycles. The van der Waals surface area contributed by atoms with Crippen LogP contribution in [0.2, 0.25) is 5.28 Å². The number of anilines is 1. The van der Waals surface area contributed by atoms with Crippen molar-refractivity contribution in [2.24, 2.45) is 5.92 Å². The van der Waals surface area contributed by atoms with Crippen LogP contribution in [-0.4, -0.2) is 44.3 Å². The molecule has 1 unspecified atom stereocenters. The van der Waals surface area contributed by atoms with Gasteiger partial charge >= 0.3 is 0 Å². The standard InChI is InChI=1S/C12H15ClN6O/c13-10-16-11(15-3-1-9-2-6-20-7-9)18-12(17-10)19-5-4-14-8-19/h4-5,8-9H,1-3,6-7H2,(H,15,16,17,18). The van der Waals surface area contributed by atoms with E-state index in [2.05, 4.69) is 25.3 Å². The van der Waals surface area contributed by atoms with Gasteiger partial charge < -0.3 is 10.1 Å². The van der Waals surface area contributed by atoms with Gasteiger partial charge in [-0.3, -0.25) is 4.57 Å². The molecule has 1 N–H and O–H groups in total. The summed E-state index contributed by atoms with van der Waals surface area (Å²) in [5, 5.41) is 3.34. The molecule has 0 amide bonds. The number of hydrogen-bond acceptors (Lipinski definition) is 6. The van der Waals surface area contributed by atoms with Crippen LogP contribution in [0, 0.1) is 5.92 Å². The highest BCUT2D eigenvalue weighted by Crippen LogP contribution is 2.16. The highest BCUT2D eigenvalue weighted by Gasteiger charge is 2.15. The lowest BCUT2D eigenvalue weighted by molar-refractivity contribution is 0.185. The second kappa shape index (κ2) is 6.15. The van der Waals surface area contributed by atoms with Crippen molar-refractivity contribution in [2.45, 2.75) is 12.8 Å². The average molecular weight is 295 g/mol. The predicted molar refractivity (Wildman–Crippen MR) is 74.0 cm³/mol. The maximum atomic E-state index is 5.92. The lowest BCUT2D eigenvalue weighted by Crippen LogP contribution is -2.12. The maximum Gasteiger partial charge on any atom is 0.241 e. The Morgan fingerprint density at radius 3 is 3.10 bits per heavy atom. The summed E-state index contributed by atoms with van der Waals surface area (Å²) < 4.78 is 7.03. The van der Waals surface area contributed by atoms with Gasteiger partial charge in [-0.15, -0.1) is 0 Å². The summed E-state index contributed by atoms with van der Waals surface area (Å²) in [5.41, 5.74) is 0. The van der Waals surface area contributed by atoms with E-state index >= 15 is 0 Å². The molecule has 2 aromatic rings. The fourth-order valence-corrected chi connectivity index (χ4v) is 2.27. The number of rotatable bonds is 5. The molecule has 1 aliphatic rings. The van der Waals surface area contributed by atoms with Gasteiger partial charge in [0, 0.05) is 32.2 Å². The molecule has 1 fully saturated rings. The number of aromatic nitrogens is 5. The molecule has 0 spiro atoms. The van der Waals surface area contributed by atoms with Crippen LogP contribution in [0.1, 0.15) is 12.8 Å². The quantitative estimate of drug-likeness (QED) is 0.901. The van der Waals surface area contributed by atoms with Crippen molar-refractivity contribution in [1.82, 2.24) is 24.5 Å². The van der Waals surface area contributed by atoms with Crippen LogP contribution in [-0.2, 0) is 4.74 Å². The van der Waals surface area contributed by atoms with E-state index in [1.54, 1.807) is 23.3 Å². The lowest BCUT2D eigenvalue weighted by Gasteiger charge is -2.09. The monoisotopic (exact) mass is 294 g/mol. The van der Waals surface area contributed by atoms with Crippen molar-refractivity contribution < 1.29 is 4.74 Å². The minimum atomic E-state index is 0.162. The molecule has 2 aromatic heterocycles. The van der Waals surface area contributed by atoms with E-state index in [0.29, 0.717) is 17.8 Å². The van der Waals surface area contributed by atoms with Crippen molar-refractivity contribution in [3.05, 3.63) is 24.0 Å². The third-order valence-electron chi connectivity index (χ3n) is 3.19. The molecule has 0 bridgehead atoms. The fourth-order valence-electron chi connectivity index (χ4n) is 2.11. The van der Waals surface area contributed by atoms with Gasteiger partial charge in [-0.1, -0.05) is 0 Å². The Morgan fingerprint density at radius 1 is 1.40 bits per heavy atom. The Kier molecular flexibility index (Phi) is 4.08. The molecular weight excluding hydrogens is 280 g/mol. The molecule has 3 heterocycles. The van der Waals surface area contributed by atoms with Crippen molar-refractivity contribution in [3.8, 4) is 5.95 Å². The zero-order valence-corrected chi connectivity index (χ0v) is 11.6. The first-order chi connectivity index (χ1) is 9.81. The van der Waals surface area contributed by atoms with Crippen LogP contribution in [0.15, 0.2) is 18.7 Å². The minimum Gasteiger partial charge on any atom is -0.381 e. The molecular formula is C12H15ClN6O. The van der Waals surface area contributed by atoms with Gasteiger partial charge in [0.05, 0.1) is 0 Å². The highest BCUT2D eigenvalue weighted by atomic mass is 35.5. The summed E-state index contributed by atoms with van der Waals surface area (Å²) in [5.74, 6) is 1.55. The molecule has 8 heteroatoms. The summed E-state index contributed by atoms with van der Waals surface area (Å²) >= 11 is 5.92. The number of hydrogen-bond donors (Lipinski definition) is 1. The molecule has 1 atom stereocenters. The van der Waals surface area contributed by atoms with Gasteiger partial charge in [-0.05, 0) is 30.4 Å². The SMILES string of the molecule is Clc1nc(NCCC2CCOC2)nc(-n2ccnc2)n1. The van der Waals surface area contributed by atoms with Crippen molar-refractivity contribution >= 4 is 17.5 Å². The summed E-state index contributed by atoms with van der Waals surface area (Å²) in [7, 11) is 0. The van der Waals surface area contributed by atoms with Gasteiger partial charge in [-0.2, -0.15) is 15.0 Å². The van der Waals surface area contributed by atoms with Crippen molar-refractivity contribution in [2.75, 3.05) is 25.1 Å². The van der Waals surface area contributed by atoms with E-state index in [-0.39, 0.29) is 5.28 Å². The van der Waals surface area contributed by atoms with E-state index in [1.165, 1.54) is 0 Å². The Morgan fingerprint density at radius 2 is 2.35 bits per heavy atom. The van der Waals surface area contributed by atoms with E-state index in [1.807, 2.05) is 0 Å². The Labute approximate surface area is 121 Å². The summed E-state index contributed by atoms with van der Waals surface area (Å²) in [6.07, 6.45) is 7.19. The third-order valence-corrected chi connectivity index (χ3v) is 3.36. The summed E-state index contributed by atoms with van der Waals surface area (Å²) in [6.45, 7) is 2.50. The molecule has 1 aliphatic heterocycles. The molecule has 0 saturated carbocycles. The van der Waals surface area contributed by atoms with Crippen LogP contribution in [0.4, 0.5) is 5.95 Å². The van der Waals surface area contributed by atoms with E-state index < -0.39 is 0 Å². The second-order valence-electron chi connectivity index (χ2n) is 4.64. The summed E-state index contributed by atoms with van der Waals surface area (Å²) in [6, 6.07) is 0. The smallest absolute Gasteiger partial charge is 0.241 e. The molecule has 0 aromatic carbocycles. The zero-order valence-electron chi connectivity index (χ0n) is 10.9. The van der Waals surface area contributed by atoms with Crippen molar-refractivity contribution in [3.63, 3.8) is 0 Å². The molecule has 0 radical (unpaired) electrons. The first-order valence-corrected chi connectivity index (χ1v) is 6.90.